The average Bonchev–Trinajstić information content (AvgIpc) is 2.80. The van der Waals surface area contributed by atoms with Crippen molar-refractivity contribution in [1.29, 1.82) is 0 Å². The Labute approximate surface area is 185 Å². The van der Waals surface area contributed by atoms with Gasteiger partial charge in [0.2, 0.25) is 11.8 Å². The maximum absolute atomic E-state index is 13.9. The third-order valence-corrected chi connectivity index (χ3v) is 5.46. The first-order chi connectivity index (χ1) is 15.5. The third kappa shape index (κ3) is 5.08. The topological polar surface area (TPSA) is 78.4 Å². The zero-order valence-corrected chi connectivity index (χ0v) is 17.8. The zero-order chi connectivity index (χ0) is 22.5. The Balaban J connectivity index is 1.31. The van der Waals surface area contributed by atoms with Crippen molar-refractivity contribution in [2.24, 2.45) is 0 Å². The van der Waals surface area contributed by atoms with Gasteiger partial charge in [-0.1, -0.05) is 24.3 Å². The summed E-state index contributed by atoms with van der Waals surface area (Å²) in [4.78, 5) is 36.3. The minimum absolute atomic E-state index is 0.0966. The molecule has 3 aromatic rings. The highest BCUT2D eigenvalue weighted by Crippen LogP contribution is 2.21. The van der Waals surface area contributed by atoms with E-state index >= 15 is 0 Å². The van der Waals surface area contributed by atoms with E-state index in [2.05, 4.69) is 20.2 Å². The summed E-state index contributed by atoms with van der Waals surface area (Å²) in [6.07, 6.45) is 3.46. The first kappa shape index (κ1) is 21.4. The number of benzene rings is 1. The highest BCUT2D eigenvalue weighted by atomic mass is 19.1. The fourth-order valence-corrected chi connectivity index (χ4v) is 3.68. The van der Waals surface area contributed by atoms with Crippen LogP contribution in [-0.2, 0) is 16.0 Å². The van der Waals surface area contributed by atoms with Crippen LogP contribution >= 0.6 is 0 Å². The summed E-state index contributed by atoms with van der Waals surface area (Å²) in [5, 5.41) is 2.80. The van der Waals surface area contributed by atoms with Crippen molar-refractivity contribution in [2.75, 3.05) is 36.4 Å². The largest absolute Gasteiger partial charge is 0.367 e. The molecule has 1 aromatic carbocycles. The van der Waals surface area contributed by atoms with E-state index in [4.69, 9.17) is 0 Å². The summed E-state index contributed by atoms with van der Waals surface area (Å²) < 4.78 is 13.9. The number of piperazine rings is 1. The quantitative estimate of drug-likeness (QED) is 0.669. The minimum atomic E-state index is -0.381. The van der Waals surface area contributed by atoms with E-state index in [1.165, 1.54) is 6.07 Å². The molecule has 1 aliphatic rings. The second kappa shape index (κ2) is 9.55. The van der Waals surface area contributed by atoms with Crippen molar-refractivity contribution < 1.29 is 14.0 Å². The molecule has 0 radical (unpaired) electrons. The highest BCUT2D eigenvalue weighted by molar-refractivity contribution is 5.91. The Morgan fingerprint density at radius 1 is 1.00 bits per heavy atom. The molecule has 1 saturated heterocycles. The monoisotopic (exact) mass is 433 g/mol. The molecule has 1 aliphatic heterocycles. The van der Waals surface area contributed by atoms with E-state index < -0.39 is 0 Å². The van der Waals surface area contributed by atoms with Crippen LogP contribution < -0.4 is 10.2 Å². The Kier molecular flexibility index (Phi) is 6.39. The molecule has 8 heteroatoms. The summed E-state index contributed by atoms with van der Waals surface area (Å²) >= 11 is 0. The van der Waals surface area contributed by atoms with Crippen LogP contribution in [0, 0.1) is 5.82 Å². The lowest BCUT2D eigenvalue weighted by molar-refractivity contribution is -0.129. The number of nitrogens with zero attached hydrogens (tertiary/aromatic N) is 4. The molecule has 0 spiro atoms. The van der Waals surface area contributed by atoms with Crippen LogP contribution in [0.5, 0.6) is 0 Å². The maximum Gasteiger partial charge on any atom is 0.229 e. The molecule has 2 amide bonds. The number of carbonyl (C=O) groups excluding carboxylic acids is 2. The molecule has 2 aromatic heterocycles. The molecule has 1 N–H and O–H groups in total. The Hall–Kier alpha value is -3.81. The second-order valence-corrected chi connectivity index (χ2v) is 7.65. The number of hydrogen-bond acceptors (Lipinski definition) is 5. The number of anilines is 2. The summed E-state index contributed by atoms with van der Waals surface area (Å²) in [6.45, 7) is 4.49. The summed E-state index contributed by atoms with van der Waals surface area (Å²) in [5.74, 6) is 0.0120. The van der Waals surface area contributed by atoms with Gasteiger partial charge >= 0.3 is 0 Å². The Morgan fingerprint density at radius 2 is 1.75 bits per heavy atom. The number of aromatic nitrogens is 2. The molecular formula is C24H24FN5O2. The predicted molar refractivity (Wildman–Crippen MR) is 121 cm³/mol. The van der Waals surface area contributed by atoms with Crippen molar-refractivity contribution >= 4 is 23.3 Å². The van der Waals surface area contributed by atoms with Gasteiger partial charge < -0.3 is 15.1 Å². The third-order valence-electron chi connectivity index (χ3n) is 5.46. The standard InChI is InChI=1S/C24H24FN5O2/c1-17(31)29-11-13-30(14-12-29)20-8-9-22(27-16-20)28-23(32)15-18-4-6-19(7-5-18)24-21(25)3-2-10-26-24/h2-10,16H,11-15H2,1H3,(H,27,28,32). The van der Waals surface area contributed by atoms with Crippen LogP contribution in [0.3, 0.4) is 0 Å². The van der Waals surface area contributed by atoms with Crippen LogP contribution in [-0.4, -0.2) is 52.9 Å². The van der Waals surface area contributed by atoms with Crippen molar-refractivity contribution in [2.45, 2.75) is 13.3 Å². The number of hydrogen-bond donors (Lipinski definition) is 1. The molecule has 0 atom stereocenters. The first-order valence-electron chi connectivity index (χ1n) is 10.5. The van der Waals surface area contributed by atoms with Gasteiger partial charge in [0.15, 0.2) is 0 Å². The van der Waals surface area contributed by atoms with Gasteiger partial charge in [0.1, 0.15) is 17.3 Å². The number of carbonyl (C=O) groups is 2. The van der Waals surface area contributed by atoms with E-state index in [1.807, 2.05) is 11.0 Å². The van der Waals surface area contributed by atoms with Crippen molar-refractivity contribution in [3.63, 3.8) is 0 Å². The van der Waals surface area contributed by atoms with Gasteiger partial charge in [-0.05, 0) is 29.8 Å². The SMILES string of the molecule is CC(=O)N1CCN(c2ccc(NC(=O)Cc3ccc(-c4ncccc4F)cc3)nc2)CC1. The first-order valence-corrected chi connectivity index (χ1v) is 10.5. The van der Waals surface area contributed by atoms with Gasteiger partial charge in [-0.25, -0.2) is 9.37 Å². The van der Waals surface area contributed by atoms with Crippen LogP contribution in [0.25, 0.3) is 11.3 Å². The molecule has 164 valence electrons. The number of rotatable bonds is 5. The highest BCUT2D eigenvalue weighted by Gasteiger charge is 2.19. The number of nitrogens with one attached hydrogen (secondary N) is 1. The molecule has 4 rings (SSSR count). The van der Waals surface area contributed by atoms with E-state index in [0.29, 0.717) is 24.5 Å². The zero-order valence-electron chi connectivity index (χ0n) is 17.8. The molecule has 0 bridgehead atoms. The molecule has 0 saturated carbocycles. The number of halogens is 1. The lowest BCUT2D eigenvalue weighted by Crippen LogP contribution is -2.48. The van der Waals surface area contributed by atoms with E-state index in [1.54, 1.807) is 55.7 Å². The molecule has 7 nitrogen and oxygen atoms in total. The van der Waals surface area contributed by atoms with Gasteiger partial charge in [0.25, 0.3) is 0 Å². The van der Waals surface area contributed by atoms with Crippen molar-refractivity contribution in [1.82, 2.24) is 14.9 Å². The lowest BCUT2D eigenvalue weighted by Gasteiger charge is -2.35. The van der Waals surface area contributed by atoms with E-state index in [-0.39, 0.29) is 29.7 Å². The fourth-order valence-electron chi connectivity index (χ4n) is 3.68. The average molecular weight is 433 g/mol. The van der Waals surface area contributed by atoms with Crippen molar-refractivity contribution in [3.05, 3.63) is 72.3 Å². The summed E-state index contributed by atoms with van der Waals surface area (Å²) in [5.41, 5.74) is 2.72. The van der Waals surface area contributed by atoms with Gasteiger partial charge in [0.05, 0.1) is 18.3 Å². The van der Waals surface area contributed by atoms with Crippen LogP contribution in [0.1, 0.15) is 12.5 Å². The predicted octanol–water partition coefficient (Wildman–Crippen LogP) is 3.13. The molecule has 1 fully saturated rings. The normalized spacial score (nSPS) is 13.7. The second-order valence-electron chi connectivity index (χ2n) is 7.65. The van der Waals surface area contributed by atoms with Gasteiger partial charge in [-0.3, -0.25) is 14.6 Å². The molecular weight excluding hydrogens is 409 g/mol. The fraction of sp³-hybridized carbons (Fsp3) is 0.250. The summed E-state index contributed by atoms with van der Waals surface area (Å²) in [7, 11) is 0. The van der Waals surface area contributed by atoms with Gasteiger partial charge in [-0.2, -0.15) is 0 Å². The molecule has 0 aliphatic carbocycles. The molecule has 3 heterocycles. The van der Waals surface area contributed by atoms with Gasteiger partial charge in [-0.15, -0.1) is 0 Å². The smallest absolute Gasteiger partial charge is 0.229 e. The van der Waals surface area contributed by atoms with E-state index in [0.717, 1.165) is 24.3 Å². The molecule has 32 heavy (non-hydrogen) atoms. The van der Waals surface area contributed by atoms with Crippen molar-refractivity contribution in [3.8, 4) is 11.3 Å². The Bertz CT molecular complexity index is 1090. The maximum atomic E-state index is 13.9. The van der Waals surface area contributed by atoms with Crippen LogP contribution in [0.4, 0.5) is 15.9 Å². The van der Waals surface area contributed by atoms with Gasteiger partial charge in [0, 0.05) is 44.9 Å². The molecule has 0 unspecified atom stereocenters. The Morgan fingerprint density at radius 3 is 2.38 bits per heavy atom. The number of amides is 2. The minimum Gasteiger partial charge on any atom is -0.367 e. The lowest BCUT2D eigenvalue weighted by atomic mass is 10.1. The van der Waals surface area contributed by atoms with Crippen LogP contribution in [0.15, 0.2) is 60.9 Å². The summed E-state index contributed by atoms with van der Waals surface area (Å²) in [6, 6.07) is 13.7. The number of pyridine rings is 2. The van der Waals surface area contributed by atoms with Crippen LogP contribution in [0.2, 0.25) is 0 Å². The van der Waals surface area contributed by atoms with E-state index in [9.17, 15) is 14.0 Å².